The summed E-state index contributed by atoms with van der Waals surface area (Å²) in [6.07, 6.45) is 3.30. The molecular formula is C18H29FN2O3Y2-2. The van der Waals surface area contributed by atoms with Crippen LogP contribution >= 0.6 is 0 Å². The zero-order valence-corrected chi connectivity index (χ0v) is 22.2. The Morgan fingerprint density at radius 3 is 2.27 bits per heavy atom. The summed E-state index contributed by atoms with van der Waals surface area (Å²) in [6, 6.07) is 0. The molecule has 2 aliphatic rings. The Balaban J connectivity index is -0.00000102. The fourth-order valence-electron chi connectivity index (χ4n) is 2.27. The fourth-order valence-corrected chi connectivity index (χ4v) is 2.27. The molecule has 2 radical (unpaired) electrons. The van der Waals surface area contributed by atoms with E-state index in [2.05, 4.69) is 12.7 Å². The number of rotatable bonds is 4. The molecule has 1 amide bonds. The van der Waals surface area contributed by atoms with Gasteiger partial charge in [0.2, 0.25) is 0 Å². The Labute approximate surface area is 208 Å². The van der Waals surface area contributed by atoms with Crippen LogP contribution in [-0.2, 0) is 74.9 Å². The van der Waals surface area contributed by atoms with Crippen LogP contribution in [0.2, 0.25) is 0 Å². The van der Waals surface area contributed by atoms with Gasteiger partial charge in [0.05, 0.1) is 19.8 Å². The van der Waals surface area contributed by atoms with Gasteiger partial charge in [0, 0.05) is 84.3 Å². The Bertz CT molecular complexity index is 493. The number of amides is 1. The van der Waals surface area contributed by atoms with Gasteiger partial charge in [0.25, 0.3) is 0 Å². The summed E-state index contributed by atoms with van der Waals surface area (Å²) < 4.78 is 24.6. The zero-order valence-electron chi connectivity index (χ0n) is 16.5. The van der Waals surface area contributed by atoms with Gasteiger partial charge >= 0.3 is 6.09 Å². The summed E-state index contributed by atoms with van der Waals surface area (Å²) in [6.45, 7) is 13.9. The third-order valence-corrected chi connectivity index (χ3v) is 3.49. The second kappa shape index (κ2) is 16.4. The van der Waals surface area contributed by atoms with Gasteiger partial charge in [-0.2, -0.15) is 6.58 Å². The number of nitrogens with zero attached hydrogens (tertiary/aromatic N) is 2. The normalized spacial score (nSPS) is 20.3. The third-order valence-electron chi connectivity index (χ3n) is 3.49. The Kier molecular flexibility index (Phi) is 19.6. The smallest absolute Gasteiger partial charge is 0.412 e. The monoisotopic (exact) mass is 518 g/mol. The topological polar surface area (TPSA) is 42.0 Å². The summed E-state index contributed by atoms with van der Waals surface area (Å²) >= 11 is 0. The van der Waals surface area contributed by atoms with Crippen molar-refractivity contribution in [3.8, 4) is 0 Å². The minimum Gasteiger partial charge on any atom is -0.444 e. The number of ether oxygens (including phenoxy) is 2. The van der Waals surface area contributed by atoms with E-state index in [0.29, 0.717) is 38.5 Å². The van der Waals surface area contributed by atoms with E-state index in [-0.39, 0.29) is 84.6 Å². The first-order valence-corrected chi connectivity index (χ1v) is 7.96. The van der Waals surface area contributed by atoms with Crippen molar-refractivity contribution in [2.45, 2.75) is 33.8 Å². The first-order chi connectivity index (χ1) is 11.0. The average molecular weight is 518 g/mol. The van der Waals surface area contributed by atoms with Crippen molar-refractivity contribution in [2.24, 2.45) is 0 Å². The number of allylic oxidation sites excluding steroid dienone is 4. The number of carbonyl (C=O) groups is 1. The van der Waals surface area contributed by atoms with Crippen molar-refractivity contribution in [3.63, 3.8) is 0 Å². The predicted molar refractivity (Wildman–Crippen MR) is 93.6 cm³/mol. The molecule has 0 aromatic carbocycles. The number of carbonyl (C=O) groups excluding carboxylic acids is 1. The van der Waals surface area contributed by atoms with E-state index >= 15 is 0 Å². The molecule has 2 saturated heterocycles. The first-order valence-electron chi connectivity index (χ1n) is 7.96. The van der Waals surface area contributed by atoms with Crippen LogP contribution in [0.3, 0.4) is 0 Å². The quantitative estimate of drug-likeness (QED) is 0.421. The molecule has 5 nitrogen and oxygen atoms in total. The molecule has 26 heavy (non-hydrogen) atoms. The van der Waals surface area contributed by atoms with Crippen LogP contribution in [0.5, 0.6) is 0 Å². The van der Waals surface area contributed by atoms with E-state index < -0.39 is 11.9 Å². The Morgan fingerprint density at radius 1 is 1.31 bits per heavy atom. The summed E-state index contributed by atoms with van der Waals surface area (Å²) in [5.74, 6) is -0.501. The molecule has 1 atom stereocenters. The van der Waals surface area contributed by atoms with Gasteiger partial charge in [-0.3, -0.25) is 4.90 Å². The van der Waals surface area contributed by atoms with E-state index in [9.17, 15) is 9.18 Å². The fraction of sp³-hybridized carbons (Fsp3) is 0.556. The van der Waals surface area contributed by atoms with E-state index in [4.69, 9.17) is 9.47 Å². The number of hydrogen-bond acceptors (Lipinski definition) is 4. The summed E-state index contributed by atoms with van der Waals surface area (Å²) in [4.78, 5) is 14.9. The molecule has 2 fully saturated rings. The van der Waals surface area contributed by atoms with Crippen LogP contribution in [0.1, 0.15) is 27.7 Å². The van der Waals surface area contributed by atoms with Gasteiger partial charge in [-0.1, -0.05) is 32.2 Å². The summed E-state index contributed by atoms with van der Waals surface area (Å²) in [5.41, 5.74) is 0.771. The molecule has 0 bridgehead atoms. The van der Waals surface area contributed by atoms with Crippen molar-refractivity contribution < 1.29 is 84.1 Å². The maximum absolute atomic E-state index is 14.3. The number of halogens is 1. The Morgan fingerprint density at radius 2 is 1.85 bits per heavy atom. The van der Waals surface area contributed by atoms with Gasteiger partial charge in [-0.15, -0.1) is 12.2 Å². The van der Waals surface area contributed by atoms with Crippen molar-refractivity contribution >= 4 is 6.09 Å². The Hall–Kier alpha value is 0.388. The molecule has 0 spiro atoms. The van der Waals surface area contributed by atoms with Crippen molar-refractivity contribution in [1.29, 1.82) is 0 Å². The maximum Gasteiger partial charge on any atom is 0.412 e. The number of morpholine rings is 1. The second-order valence-corrected chi connectivity index (χ2v) is 5.02. The third kappa shape index (κ3) is 9.05. The SMILES string of the molecule is C=CC(=[C-]/C(F)=C(\C)N1CCOCC1)N1C[C@H](C)OC1=O.CC.[CH3-].[Y].[Y]. The molecule has 8 heteroatoms. The molecule has 144 valence electrons. The summed E-state index contributed by atoms with van der Waals surface area (Å²) in [7, 11) is 0. The molecule has 0 aromatic rings. The number of hydrogen-bond donors (Lipinski definition) is 0. The molecule has 2 aliphatic heterocycles. The second-order valence-electron chi connectivity index (χ2n) is 5.02. The van der Waals surface area contributed by atoms with Crippen LogP contribution < -0.4 is 0 Å². The molecule has 2 heterocycles. The molecule has 0 unspecified atom stereocenters. The maximum atomic E-state index is 14.3. The van der Waals surface area contributed by atoms with E-state index in [1.54, 1.807) is 13.8 Å². The zero-order chi connectivity index (χ0) is 17.4. The van der Waals surface area contributed by atoms with Gasteiger partial charge < -0.3 is 21.8 Å². The predicted octanol–water partition coefficient (Wildman–Crippen LogP) is 3.70. The van der Waals surface area contributed by atoms with E-state index in [1.807, 2.05) is 18.7 Å². The van der Waals surface area contributed by atoms with Crippen LogP contribution in [0.4, 0.5) is 9.18 Å². The van der Waals surface area contributed by atoms with Gasteiger partial charge in [-0.25, -0.2) is 9.18 Å². The van der Waals surface area contributed by atoms with Gasteiger partial charge in [0.1, 0.15) is 6.10 Å². The largest absolute Gasteiger partial charge is 0.444 e. The van der Waals surface area contributed by atoms with Crippen LogP contribution in [0.15, 0.2) is 29.9 Å². The van der Waals surface area contributed by atoms with Crippen LogP contribution in [0.25, 0.3) is 0 Å². The first kappa shape index (κ1) is 31.1. The van der Waals surface area contributed by atoms with Crippen molar-refractivity contribution in [3.05, 3.63) is 43.4 Å². The standard InChI is InChI=1S/C15H20FN2O3.C2H6.CH3.2Y/c1-4-13(18-10-11(2)21-15(18)19)9-14(16)12(3)17-5-7-20-8-6-17;1-2;;;/h4,11H,1,5-8,10H2,2-3H3;1-2H3;1H3;;/q-1;;-1;;/b14-12-;;;;/t11-;;;;/m0..../s1. The number of cyclic esters (lactones) is 1. The minimum absolute atomic E-state index is 0. The molecular weight excluding hydrogens is 489 g/mol. The average Bonchev–Trinajstić information content (AvgIpc) is 2.92. The van der Waals surface area contributed by atoms with Crippen LogP contribution in [0, 0.1) is 13.5 Å². The van der Waals surface area contributed by atoms with Crippen molar-refractivity contribution in [1.82, 2.24) is 9.80 Å². The van der Waals surface area contributed by atoms with Crippen molar-refractivity contribution in [2.75, 3.05) is 32.8 Å². The molecule has 0 saturated carbocycles. The molecule has 0 aliphatic carbocycles. The van der Waals surface area contributed by atoms with E-state index in [0.717, 1.165) is 0 Å². The molecule has 0 N–H and O–H groups in total. The molecule has 2 rings (SSSR count). The molecule has 0 aromatic heterocycles. The van der Waals surface area contributed by atoms with Gasteiger partial charge in [-0.05, 0) is 6.92 Å². The minimum atomic E-state index is -0.501. The van der Waals surface area contributed by atoms with Gasteiger partial charge in [0.15, 0.2) is 0 Å². The van der Waals surface area contributed by atoms with E-state index in [1.165, 1.54) is 11.0 Å². The van der Waals surface area contributed by atoms with Crippen LogP contribution in [-0.4, -0.2) is 54.8 Å². The summed E-state index contributed by atoms with van der Waals surface area (Å²) in [5, 5.41) is 0.